The predicted molar refractivity (Wildman–Crippen MR) is 76.7 cm³/mol. The molecule has 0 saturated heterocycles. The Morgan fingerprint density at radius 2 is 2.05 bits per heavy atom. The summed E-state index contributed by atoms with van der Waals surface area (Å²) in [5.74, 6) is -1.30. The van der Waals surface area contributed by atoms with Crippen LogP contribution in [0.15, 0.2) is 24.3 Å². The fourth-order valence-electron chi connectivity index (χ4n) is 2.70. The van der Waals surface area contributed by atoms with E-state index in [0.29, 0.717) is 24.3 Å². The molecule has 22 heavy (non-hydrogen) atoms. The number of nitrogens with zero attached hydrogens (tertiary/aromatic N) is 1. The molecular weight excluding hydrogens is 288 g/mol. The van der Waals surface area contributed by atoms with E-state index in [1.807, 2.05) is 0 Å². The molecule has 1 aliphatic heterocycles. The lowest BCUT2D eigenvalue weighted by Crippen LogP contribution is -2.61. The Morgan fingerprint density at radius 1 is 1.32 bits per heavy atom. The topological polar surface area (TPSA) is 95.9 Å². The molecule has 1 saturated carbocycles. The summed E-state index contributed by atoms with van der Waals surface area (Å²) < 4.78 is 5.30. The van der Waals surface area contributed by atoms with Crippen LogP contribution in [0.25, 0.3) is 0 Å². The molecule has 0 radical (unpaired) electrons. The van der Waals surface area contributed by atoms with Crippen LogP contribution in [0.5, 0.6) is 5.75 Å². The van der Waals surface area contributed by atoms with E-state index < -0.39 is 17.4 Å². The highest BCUT2D eigenvalue weighted by Crippen LogP contribution is 2.33. The maximum absolute atomic E-state index is 12.2. The zero-order valence-corrected chi connectivity index (χ0v) is 11.9. The van der Waals surface area contributed by atoms with Gasteiger partial charge in [-0.2, -0.15) is 0 Å². The molecule has 0 unspecified atom stereocenters. The lowest BCUT2D eigenvalue weighted by atomic mass is 9.77. The summed E-state index contributed by atoms with van der Waals surface area (Å²) in [6.45, 7) is -0.345. The Hall–Kier alpha value is -2.57. The number of hydrogen-bond acceptors (Lipinski definition) is 4. The van der Waals surface area contributed by atoms with Crippen LogP contribution in [0, 0.1) is 0 Å². The Morgan fingerprint density at radius 3 is 2.68 bits per heavy atom. The monoisotopic (exact) mass is 304 g/mol. The van der Waals surface area contributed by atoms with Gasteiger partial charge in [-0.15, -0.1) is 0 Å². The largest absolute Gasteiger partial charge is 0.482 e. The van der Waals surface area contributed by atoms with Crippen LogP contribution in [-0.4, -0.2) is 41.6 Å². The molecule has 1 aromatic rings. The van der Waals surface area contributed by atoms with Crippen LogP contribution in [0.3, 0.4) is 0 Å². The highest BCUT2D eigenvalue weighted by atomic mass is 16.5. The number of carbonyl (C=O) groups excluding carboxylic acids is 2. The molecule has 2 aliphatic rings. The molecule has 0 spiro atoms. The van der Waals surface area contributed by atoms with Gasteiger partial charge in [0.1, 0.15) is 17.8 Å². The van der Waals surface area contributed by atoms with Crippen LogP contribution in [0.4, 0.5) is 5.69 Å². The van der Waals surface area contributed by atoms with E-state index in [0.717, 1.165) is 6.42 Å². The second-order valence-electron chi connectivity index (χ2n) is 5.53. The SMILES string of the molecule is O=C(CN1C(=O)COc2ccccc21)NC1(C(=O)O)CCC1. The first kappa shape index (κ1) is 14.4. The number of carboxylic acid groups (broad SMARTS) is 1. The summed E-state index contributed by atoms with van der Waals surface area (Å²) in [7, 11) is 0. The van der Waals surface area contributed by atoms with E-state index in [-0.39, 0.29) is 19.1 Å². The minimum atomic E-state index is -1.17. The lowest BCUT2D eigenvalue weighted by molar-refractivity contribution is -0.151. The van der Waals surface area contributed by atoms with Gasteiger partial charge in [-0.25, -0.2) is 4.79 Å². The summed E-state index contributed by atoms with van der Waals surface area (Å²) in [4.78, 5) is 36.8. The molecule has 3 rings (SSSR count). The number of rotatable bonds is 4. The number of para-hydroxylation sites is 2. The van der Waals surface area contributed by atoms with Crippen molar-refractivity contribution in [1.29, 1.82) is 0 Å². The normalized spacial score (nSPS) is 18.7. The van der Waals surface area contributed by atoms with Gasteiger partial charge in [0.25, 0.3) is 5.91 Å². The second-order valence-corrected chi connectivity index (χ2v) is 5.53. The van der Waals surface area contributed by atoms with Crippen molar-refractivity contribution in [2.24, 2.45) is 0 Å². The quantitative estimate of drug-likeness (QED) is 0.846. The minimum absolute atomic E-state index is 0.131. The maximum atomic E-state index is 12.2. The molecule has 7 nitrogen and oxygen atoms in total. The van der Waals surface area contributed by atoms with Crippen molar-refractivity contribution < 1.29 is 24.2 Å². The van der Waals surface area contributed by atoms with Crippen molar-refractivity contribution in [2.75, 3.05) is 18.1 Å². The molecular formula is C15H16N2O5. The highest BCUT2D eigenvalue weighted by Gasteiger charge is 2.46. The third kappa shape index (κ3) is 2.38. The first-order valence-electron chi connectivity index (χ1n) is 7.08. The van der Waals surface area contributed by atoms with Gasteiger partial charge in [0.05, 0.1) is 5.69 Å². The fraction of sp³-hybridized carbons (Fsp3) is 0.400. The molecule has 0 aromatic heterocycles. The average Bonchev–Trinajstić information content (AvgIpc) is 2.45. The van der Waals surface area contributed by atoms with Gasteiger partial charge in [-0.05, 0) is 31.4 Å². The van der Waals surface area contributed by atoms with Crippen molar-refractivity contribution in [3.8, 4) is 5.75 Å². The Kier molecular flexibility index (Phi) is 3.48. The van der Waals surface area contributed by atoms with Crippen LogP contribution in [0.1, 0.15) is 19.3 Å². The highest BCUT2D eigenvalue weighted by molar-refractivity contribution is 6.02. The smallest absolute Gasteiger partial charge is 0.329 e. The van der Waals surface area contributed by atoms with Gasteiger partial charge in [-0.1, -0.05) is 12.1 Å². The summed E-state index contributed by atoms with van der Waals surface area (Å²) in [6, 6.07) is 6.93. The molecule has 2 amide bonds. The lowest BCUT2D eigenvalue weighted by Gasteiger charge is -2.39. The minimum Gasteiger partial charge on any atom is -0.482 e. The molecule has 1 heterocycles. The number of carbonyl (C=O) groups is 3. The van der Waals surface area contributed by atoms with Crippen molar-refractivity contribution in [1.82, 2.24) is 5.32 Å². The van der Waals surface area contributed by atoms with Crippen LogP contribution in [0.2, 0.25) is 0 Å². The Bertz CT molecular complexity index is 639. The zero-order chi connectivity index (χ0) is 15.7. The van der Waals surface area contributed by atoms with E-state index in [1.165, 1.54) is 4.90 Å². The van der Waals surface area contributed by atoms with E-state index in [2.05, 4.69) is 5.32 Å². The van der Waals surface area contributed by atoms with Crippen molar-refractivity contribution in [3.63, 3.8) is 0 Å². The maximum Gasteiger partial charge on any atom is 0.329 e. The molecule has 1 fully saturated rings. The number of hydrogen-bond donors (Lipinski definition) is 2. The summed E-state index contributed by atoms with van der Waals surface area (Å²) in [6.07, 6.45) is 1.61. The van der Waals surface area contributed by atoms with Gasteiger partial charge >= 0.3 is 5.97 Å². The molecule has 1 aliphatic carbocycles. The Balaban J connectivity index is 1.74. The van der Waals surface area contributed by atoms with Gasteiger partial charge in [-0.3, -0.25) is 14.5 Å². The van der Waals surface area contributed by atoms with Crippen molar-refractivity contribution >= 4 is 23.5 Å². The van der Waals surface area contributed by atoms with E-state index >= 15 is 0 Å². The number of anilines is 1. The van der Waals surface area contributed by atoms with Crippen molar-refractivity contribution in [3.05, 3.63) is 24.3 Å². The summed E-state index contributed by atoms with van der Waals surface area (Å²) in [5.41, 5.74) is -0.654. The number of nitrogens with one attached hydrogen (secondary N) is 1. The van der Waals surface area contributed by atoms with Gasteiger partial charge in [0.15, 0.2) is 6.61 Å². The first-order chi connectivity index (χ1) is 10.5. The van der Waals surface area contributed by atoms with Crippen LogP contribution < -0.4 is 15.0 Å². The van der Waals surface area contributed by atoms with E-state index in [1.54, 1.807) is 24.3 Å². The number of aliphatic carboxylic acids is 1. The van der Waals surface area contributed by atoms with Gasteiger partial charge in [0, 0.05) is 0 Å². The third-order valence-corrected chi connectivity index (χ3v) is 4.11. The van der Waals surface area contributed by atoms with Crippen LogP contribution in [-0.2, 0) is 14.4 Å². The molecule has 7 heteroatoms. The molecule has 1 aromatic carbocycles. The standard InChI is InChI=1S/C15H16N2O5/c18-12(16-15(14(20)21)6-3-7-15)8-17-10-4-1-2-5-11(10)22-9-13(17)19/h1-2,4-5H,3,6-9H2,(H,16,18)(H,20,21). The second kappa shape index (κ2) is 5.32. The van der Waals surface area contributed by atoms with Gasteiger partial charge in [0.2, 0.25) is 5.91 Å². The molecule has 2 N–H and O–H groups in total. The van der Waals surface area contributed by atoms with E-state index in [9.17, 15) is 19.5 Å². The molecule has 0 atom stereocenters. The predicted octanol–water partition coefficient (Wildman–Crippen LogP) is 0.535. The number of benzene rings is 1. The summed E-state index contributed by atoms with van der Waals surface area (Å²) >= 11 is 0. The first-order valence-corrected chi connectivity index (χ1v) is 7.08. The summed E-state index contributed by atoms with van der Waals surface area (Å²) in [5, 5.41) is 11.8. The number of fused-ring (bicyclic) bond motifs is 1. The Labute approximate surface area is 126 Å². The fourth-order valence-corrected chi connectivity index (χ4v) is 2.70. The molecule has 0 bridgehead atoms. The van der Waals surface area contributed by atoms with Gasteiger partial charge < -0.3 is 15.2 Å². The number of carboxylic acids is 1. The van der Waals surface area contributed by atoms with Crippen molar-refractivity contribution in [2.45, 2.75) is 24.8 Å². The number of ether oxygens (including phenoxy) is 1. The number of amides is 2. The molecule has 116 valence electrons. The average molecular weight is 304 g/mol. The zero-order valence-electron chi connectivity index (χ0n) is 11.9. The van der Waals surface area contributed by atoms with Crippen LogP contribution >= 0.6 is 0 Å². The third-order valence-electron chi connectivity index (χ3n) is 4.11. The van der Waals surface area contributed by atoms with E-state index in [4.69, 9.17) is 4.74 Å².